The Morgan fingerprint density at radius 2 is 2.16 bits per heavy atom. The molecule has 134 valence electrons. The smallest absolute Gasteiger partial charge is 0.260 e. The van der Waals surface area contributed by atoms with Gasteiger partial charge in [-0.05, 0) is 37.8 Å². The van der Waals surface area contributed by atoms with Gasteiger partial charge < -0.3 is 19.3 Å². The zero-order valence-corrected chi connectivity index (χ0v) is 14.4. The molecule has 1 aliphatic carbocycles. The lowest BCUT2D eigenvalue weighted by molar-refractivity contribution is -0.146. The fourth-order valence-corrected chi connectivity index (χ4v) is 4.13. The van der Waals surface area contributed by atoms with Gasteiger partial charge in [0.05, 0.1) is 18.8 Å². The molecule has 1 aromatic carbocycles. The number of morpholine rings is 1. The summed E-state index contributed by atoms with van der Waals surface area (Å²) in [7, 11) is 0. The van der Waals surface area contributed by atoms with Crippen LogP contribution in [0, 0.1) is 0 Å². The molecule has 0 radical (unpaired) electrons. The Balaban J connectivity index is 1.38. The molecule has 0 aromatic heterocycles. The van der Waals surface area contributed by atoms with E-state index < -0.39 is 0 Å². The first-order chi connectivity index (χ1) is 12.2. The summed E-state index contributed by atoms with van der Waals surface area (Å²) in [5, 5.41) is 0. The molecule has 0 N–H and O–H groups in total. The van der Waals surface area contributed by atoms with Crippen molar-refractivity contribution in [3.63, 3.8) is 0 Å². The molecule has 6 nitrogen and oxygen atoms in total. The lowest BCUT2D eigenvalue weighted by Gasteiger charge is -2.37. The molecule has 3 aliphatic rings. The van der Waals surface area contributed by atoms with Gasteiger partial charge in [-0.25, -0.2) is 0 Å². The summed E-state index contributed by atoms with van der Waals surface area (Å²) in [5.41, 5.74) is 0.842. The van der Waals surface area contributed by atoms with E-state index >= 15 is 0 Å². The predicted octanol–water partition coefficient (Wildman–Crippen LogP) is 1.97. The quantitative estimate of drug-likeness (QED) is 0.838. The lowest BCUT2D eigenvalue weighted by atomic mass is 10.1. The molecular weight excluding hydrogens is 320 g/mol. The van der Waals surface area contributed by atoms with Gasteiger partial charge in [0.2, 0.25) is 5.91 Å². The maximum Gasteiger partial charge on any atom is 0.260 e. The van der Waals surface area contributed by atoms with Crippen molar-refractivity contribution in [2.45, 2.75) is 44.2 Å². The van der Waals surface area contributed by atoms with Crippen molar-refractivity contribution in [1.82, 2.24) is 4.90 Å². The molecule has 2 atom stereocenters. The summed E-state index contributed by atoms with van der Waals surface area (Å²) in [6, 6.07) is 7.65. The van der Waals surface area contributed by atoms with E-state index in [1.165, 1.54) is 0 Å². The van der Waals surface area contributed by atoms with Crippen LogP contribution in [0.15, 0.2) is 24.3 Å². The first-order valence-electron chi connectivity index (χ1n) is 9.17. The van der Waals surface area contributed by atoms with Crippen molar-refractivity contribution >= 4 is 17.5 Å². The molecule has 6 heteroatoms. The fraction of sp³-hybridized carbons (Fsp3) is 0.579. The van der Waals surface area contributed by atoms with E-state index in [0.717, 1.165) is 37.9 Å². The largest absolute Gasteiger partial charge is 0.484 e. The number of hydrogen-bond donors (Lipinski definition) is 0. The molecule has 25 heavy (non-hydrogen) atoms. The third-order valence-electron chi connectivity index (χ3n) is 5.37. The van der Waals surface area contributed by atoms with Gasteiger partial charge in [0.25, 0.3) is 5.91 Å². The van der Waals surface area contributed by atoms with E-state index in [9.17, 15) is 9.59 Å². The number of ether oxygens (including phenoxy) is 2. The Morgan fingerprint density at radius 1 is 1.24 bits per heavy atom. The summed E-state index contributed by atoms with van der Waals surface area (Å²) in [4.78, 5) is 28.2. The minimum atomic E-state index is 0.0165. The highest BCUT2D eigenvalue weighted by Gasteiger charge is 2.38. The minimum Gasteiger partial charge on any atom is -0.484 e. The van der Waals surface area contributed by atoms with E-state index in [2.05, 4.69) is 0 Å². The number of fused-ring (bicyclic) bond motifs is 1. The molecular formula is C19H24N2O4. The molecule has 2 heterocycles. The van der Waals surface area contributed by atoms with Gasteiger partial charge in [-0.15, -0.1) is 0 Å². The molecule has 4 rings (SSSR count). The summed E-state index contributed by atoms with van der Waals surface area (Å²) in [5.74, 6) is 0.790. The van der Waals surface area contributed by atoms with E-state index in [4.69, 9.17) is 9.47 Å². The second-order valence-electron chi connectivity index (χ2n) is 6.93. The van der Waals surface area contributed by atoms with Crippen LogP contribution in [0.2, 0.25) is 0 Å². The van der Waals surface area contributed by atoms with Crippen LogP contribution in [0.25, 0.3) is 0 Å². The Kier molecular flexibility index (Phi) is 4.61. The van der Waals surface area contributed by atoms with Crippen LogP contribution >= 0.6 is 0 Å². The van der Waals surface area contributed by atoms with Gasteiger partial charge in [0, 0.05) is 31.3 Å². The SMILES string of the molecule is O=C1CCCN1c1cccc(OCC(=O)N2CCO[C@H]3CCC[C@@H]32)c1. The summed E-state index contributed by atoms with van der Waals surface area (Å²) >= 11 is 0. The normalized spacial score (nSPS) is 26.0. The number of amides is 2. The van der Waals surface area contributed by atoms with E-state index in [1.807, 2.05) is 29.2 Å². The second-order valence-corrected chi connectivity index (χ2v) is 6.93. The molecule has 2 aliphatic heterocycles. The van der Waals surface area contributed by atoms with Gasteiger partial charge >= 0.3 is 0 Å². The van der Waals surface area contributed by atoms with Crippen LogP contribution in [-0.2, 0) is 14.3 Å². The topological polar surface area (TPSA) is 59.1 Å². The number of hydrogen-bond acceptors (Lipinski definition) is 4. The third kappa shape index (κ3) is 3.35. The van der Waals surface area contributed by atoms with Gasteiger partial charge in [-0.3, -0.25) is 9.59 Å². The monoisotopic (exact) mass is 344 g/mol. The second kappa shape index (κ2) is 7.04. The Hall–Kier alpha value is -2.08. The molecule has 0 unspecified atom stereocenters. The number of nitrogens with zero attached hydrogens (tertiary/aromatic N) is 2. The summed E-state index contributed by atoms with van der Waals surface area (Å²) in [6.45, 7) is 2.03. The lowest BCUT2D eigenvalue weighted by Crippen LogP contribution is -2.52. The van der Waals surface area contributed by atoms with E-state index in [1.54, 1.807) is 4.90 Å². The maximum absolute atomic E-state index is 12.6. The van der Waals surface area contributed by atoms with Crippen molar-refractivity contribution in [2.75, 3.05) is 31.2 Å². The third-order valence-corrected chi connectivity index (χ3v) is 5.37. The average Bonchev–Trinajstić information content (AvgIpc) is 3.28. The molecule has 2 saturated heterocycles. The number of rotatable bonds is 4. The van der Waals surface area contributed by atoms with Crippen LogP contribution in [0.1, 0.15) is 32.1 Å². The number of carbonyl (C=O) groups is 2. The average molecular weight is 344 g/mol. The predicted molar refractivity (Wildman–Crippen MR) is 92.6 cm³/mol. The van der Waals surface area contributed by atoms with Crippen molar-refractivity contribution < 1.29 is 19.1 Å². The molecule has 2 amide bonds. The zero-order chi connectivity index (χ0) is 17.2. The maximum atomic E-state index is 12.6. The van der Waals surface area contributed by atoms with Gasteiger partial charge in [0.15, 0.2) is 6.61 Å². The van der Waals surface area contributed by atoms with Crippen LogP contribution in [0.5, 0.6) is 5.75 Å². The Labute approximate surface area is 147 Å². The standard InChI is InChI=1S/C19H24N2O4/c22-18-8-3-9-20(18)14-4-1-5-15(12-14)25-13-19(23)21-10-11-24-17-7-2-6-16(17)21/h1,4-5,12,16-17H,2-3,6-11,13H2/t16-,17-/m0/s1. The molecule has 1 saturated carbocycles. The Morgan fingerprint density at radius 3 is 3.00 bits per heavy atom. The molecule has 1 aromatic rings. The van der Waals surface area contributed by atoms with Crippen molar-refractivity contribution in [1.29, 1.82) is 0 Å². The van der Waals surface area contributed by atoms with Crippen LogP contribution < -0.4 is 9.64 Å². The Bertz CT molecular complexity index is 663. The fourth-order valence-electron chi connectivity index (χ4n) is 4.13. The highest BCUT2D eigenvalue weighted by molar-refractivity contribution is 5.95. The molecule has 0 bridgehead atoms. The van der Waals surface area contributed by atoms with Gasteiger partial charge in [0.1, 0.15) is 5.75 Å². The number of carbonyl (C=O) groups excluding carboxylic acids is 2. The van der Waals surface area contributed by atoms with Gasteiger partial charge in [-0.1, -0.05) is 6.07 Å². The van der Waals surface area contributed by atoms with Crippen molar-refractivity contribution in [3.8, 4) is 5.75 Å². The number of anilines is 1. The van der Waals surface area contributed by atoms with Crippen LogP contribution in [-0.4, -0.2) is 55.2 Å². The van der Waals surface area contributed by atoms with E-state index in [-0.39, 0.29) is 30.6 Å². The van der Waals surface area contributed by atoms with Crippen LogP contribution in [0.3, 0.4) is 0 Å². The molecule has 3 fully saturated rings. The zero-order valence-electron chi connectivity index (χ0n) is 14.4. The summed E-state index contributed by atoms with van der Waals surface area (Å²) < 4.78 is 11.5. The number of benzene rings is 1. The van der Waals surface area contributed by atoms with Crippen molar-refractivity contribution in [2.24, 2.45) is 0 Å². The molecule has 0 spiro atoms. The minimum absolute atomic E-state index is 0.0165. The first kappa shape index (κ1) is 16.4. The van der Waals surface area contributed by atoms with Crippen LogP contribution in [0.4, 0.5) is 5.69 Å². The van der Waals surface area contributed by atoms with E-state index in [0.29, 0.717) is 25.3 Å². The van der Waals surface area contributed by atoms with Gasteiger partial charge in [-0.2, -0.15) is 0 Å². The first-order valence-corrected chi connectivity index (χ1v) is 9.17. The highest BCUT2D eigenvalue weighted by Crippen LogP contribution is 2.30. The summed E-state index contributed by atoms with van der Waals surface area (Å²) in [6.07, 6.45) is 4.86. The van der Waals surface area contributed by atoms with Crippen molar-refractivity contribution in [3.05, 3.63) is 24.3 Å². The highest BCUT2D eigenvalue weighted by atomic mass is 16.5.